The molecule has 0 unspecified atom stereocenters. The Balaban J connectivity index is 1.25. The van der Waals surface area contributed by atoms with E-state index in [2.05, 4.69) is 121 Å². The minimum Gasteiger partial charge on any atom is -0.456 e. The summed E-state index contributed by atoms with van der Waals surface area (Å²) in [5.74, 6) is 0.890. The van der Waals surface area contributed by atoms with Crippen LogP contribution in [0.25, 0.3) is 0 Å². The molecule has 0 radical (unpaired) electrons. The summed E-state index contributed by atoms with van der Waals surface area (Å²) < 4.78 is 13.5. The number of fused-ring (bicyclic) bond motifs is 6. The number of benzene rings is 7. The number of aryl methyl sites for hydroxylation is 2. The van der Waals surface area contributed by atoms with Gasteiger partial charge < -0.3 is 19.3 Å². The molecular formula is C46H34N2O3. The van der Waals surface area contributed by atoms with Crippen molar-refractivity contribution in [2.24, 2.45) is 0 Å². The van der Waals surface area contributed by atoms with Gasteiger partial charge in [0.25, 0.3) is 0 Å². The van der Waals surface area contributed by atoms with E-state index in [4.69, 9.17) is 9.47 Å². The molecule has 0 aliphatic carbocycles. The second-order valence-electron chi connectivity index (χ2n) is 13.1. The third-order valence-electron chi connectivity index (χ3n) is 9.81. The number of carbonyl (C=O) groups excluding carboxylic acids is 1. The molecule has 0 bridgehead atoms. The maximum Gasteiger partial charge on any atom is 0.340 e. The van der Waals surface area contributed by atoms with Crippen molar-refractivity contribution in [2.45, 2.75) is 19.4 Å². The van der Waals surface area contributed by atoms with Gasteiger partial charge in [-0.3, -0.25) is 0 Å². The van der Waals surface area contributed by atoms with Gasteiger partial charge >= 0.3 is 5.97 Å². The third kappa shape index (κ3) is 5.05. The van der Waals surface area contributed by atoms with Crippen molar-refractivity contribution in [1.29, 1.82) is 0 Å². The lowest BCUT2D eigenvalue weighted by Gasteiger charge is -2.38. The summed E-state index contributed by atoms with van der Waals surface area (Å²) in [5.41, 5.74) is 10.0. The van der Waals surface area contributed by atoms with Crippen molar-refractivity contribution in [3.63, 3.8) is 0 Å². The second kappa shape index (κ2) is 12.1. The number of anilines is 6. The number of rotatable bonds is 6. The molecule has 246 valence electrons. The molecular weight excluding hydrogens is 629 g/mol. The first kappa shape index (κ1) is 30.5. The molecule has 0 atom stereocenters. The van der Waals surface area contributed by atoms with Gasteiger partial charge in [-0.25, -0.2) is 4.79 Å². The summed E-state index contributed by atoms with van der Waals surface area (Å²) in [6, 6.07) is 57.6. The van der Waals surface area contributed by atoms with Crippen molar-refractivity contribution in [2.75, 3.05) is 9.80 Å². The average molecular weight is 663 g/mol. The minimum atomic E-state index is -1.18. The second-order valence-corrected chi connectivity index (χ2v) is 13.1. The molecule has 5 nitrogen and oxygen atoms in total. The molecule has 7 aromatic carbocycles. The Morgan fingerprint density at radius 2 is 0.843 bits per heavy atom. The molecule has 2 aliphatic rings. The van der Waals surface area contributed by atoms with Gasteiger partial charge in [0.05, 0.1) is 5.56 Å². The van der Waals surface area contributed by atoms with Gasteiger partial charge in [0.1, 0.15) is 11.5 Å². The van der Waals surface area contributed by atoms with Crippen LogP contribution in [0.15, 0.2) is 170 Å². The van der Waals surface area contributed by atoms with E-state index in [-0.39, 0.29) is 5.97 Å². The molecule has 0 saturated carbocycles. The fourth-order valence-corrected chi connectivity index (χ4v) is 7.37. The lowest BCUT2D eigenvalue weighted by atomic mass is 9.77. The first-order chi connectivity index (χ1) is 25.0. The fraction of sp³-hybridized carbons (Fsp3) is 0.0652. The molecule has 0 fully saturated rings. The highest BCUT2D eigenvalue weighted by Gasteiger charge is 2.53. The largest absolute Gasteiger partial charge is 0.456 e. The van der Waals surface area contributed by atoms with Crippen LogP contribution in [0.1, 0.15) is 38.2 Å². The van der Waals surface area contributed by atoms with E-state index >= 15 is 0 Å². The third-order valence-corrected chi connectivity index (χ3v) is 9.81. The molecule has 51 heavy (non-hydrogen) atoms. The van der Waals surface area contributed by atoms with Crippen molar-refractivity contribution < 1.29 is 14.3 Å². The number of hydrogen-bond donors (Lipinski definition) is 0. The van der Waals surface area contributed by atoms with Gasteiger partial charge in [-0.1, -0.05) is 90.0 Å². The molecule has 7 aromatic rings. The average Bonchev–Trinajstić information content (AvgIpc) is 3.46. The molecule has 5 heteroatoms. The lowest BCUT2D eigenvalue weighted by Crippen LogP contribution is -2.33. The van der Waals surface area contributed by atoms with E-state index in [0.717, 1.165) is 50.8 Å². The van der Waals surface area contributed by atoms with E-state index in [1.54, 1.807) is 0 Å². The van der Waals surface area contributed by atoms with E-state index in [1.807, 2.05) is 72.8 Å². The maximum atomic E-state index is 13.6. The molecule has 9 rings (SSSR count). The monoisotopic (exact) mass is 662 g/mol. The Morgan fingerprint density at radius 1 is 0.431 bits per heavy atom. The van der Waals surface area contributed by atoms with Crippen LogP contribution in [-0.2, 0) is 10.3 Å². The fourth-order valence-electron chi connectivity index (χ4n) is 7.37. The summed E-state index contributed by atoms with van der Waals surface area (Å²) in [6.07, 6.45) is 0. The summed E-state index contributed by atoms with van der Waals surface area (Å²) in [4.78, 5) is 18.1. The molecule has 0 amide bonds. The van der Waals surface area contributed by atoms with Crippen molar-refractivity contribution >= 4 is 40.1 Å². The van der Waals surface area contributed by atoms with E-state index < -0.39 is 5.60 Å². The van der Waals surface area contributed by atoms with Gasteiger partial charge in [0.15, 0.2) is 5.60 Å². The topological polar surface area (TPSA) is 42.0 Å². The van der Waals surface area contributed by atoms with Gasteiger partial charge in [-0.2, -0.15) is 0 Å². The van der Waals surface area contributed by atoms with Crippen LogP contribution in [0, 0.1) is 13.8 Å². The van der Waals surface area contributed by atoms with Gasteiger partial charge in [0, 0.05) is 62.9 Å². The highest BCUT2D eigenvalue weighted by molar-refractivity contribution is 5.97. The highest BCUT2D eigenvalue weighted by atomic mass is 16.6. The van der Waals surface area contributed by atoms with Crippen LogP contribution in [0.4, 0.5) is 34.1 Å². The Hall–Kier alpha value is -6.59. The maximum absolute atomic E-state index is 13.6. The van der Waals surface area contributed by atoms with E-state index in [1.165, 1.54) is 11.1 Å². The van der Waals surface area contributed by atoms with Crippen LogP contribution in [0.5, 0.6) is 11.5 Å². The molecule has 2 heterocycles. The Kier molecular flexibility index (Phi) is 7.21. The van der Waals surface area contributed by atoms with Crippen molar-refractivity contribution in [3.8, 4) is 11.5 Å². The van der Waals surface area contributed by atoms with Gasteiger partial charge in [-0.05, 0) is 92.7 Å². The van der Waals surface area contributed by atoms with Crippen molar-refractivity contribution in [3.05, 3.63) is 203 Å². The highest BCUT2D eigenvalue weighted by Crippen LogP contribution is 2.58. The van der Waals surface area contributed by atoms with Crippen LogP contribution in [0.2, 0.25) is 0 Å². The zero-order chi connectivity index (χ0) is 34.5. The number of carbonyl (C=O) groups is 1. The summed E-state index contributed by atoms with van der Waals surface area (Å²) in [6.45, 7) is 4.18. The van der Waals surface area contributed by atoms with Crippen LogP contribution in [0.3, 0.4) is 0 Å². The quantitative estimate of drug-likeness (QED) is 0.166. The Morgan fingerprint density at radius 3 is 1.33 bits per heavy atom. The summed E-state index contributed by atoms with van der Waals surface area (Å²) in [7, 11) is 0. The first-order valence-electron chi connectivity index (χ1n) is 17.1. The number of nitrogens with zero attached hydrogens (tertiary/aromatic N) is 2. The zero-order valence-corrected chi connectivity index (χ0v) is 28.3. The Labute approximate surface area is 297 Å². The summed E-state index contributed by atoms with van der Waals surface area (Å²) in [5, 5.41) is 0. The lowest BCUT2D eigenvalue weighted by molar-refractivity contribution is 0.0224. The smallest absolute Gasteiger partial charge is 0.340 e. The minimum absolute atomic E-state index is 0.353. The predicted octanol–water partition coefficient (Wildman–Crippen LogP) is 11.8. The van der Waals surface area contributed by atoms with Crippen LogP contribution < -0.4 is 14.5 Å². The predicted molar refractivity (Wildman–Crippen MR) is 204 cm³/mol. The van der Waals surface area contributed by atoms with E-state index in [9.17, 15) is 4.79 Å². The number of hydrogen-bond acceptors (Lipinski definition) is 5. The van der Waals surface area contributed by atoms with E-state index in [0.29, 0.717) is 17.1 Å². The molecule has 0 saturated heterocycles. The first-order valence-corrected chi connectivity index (χ1v) is 17.1. The summed E-state index contributed by atoms with van der Waals surface area (Å²) >= 11 is 0. The standard InChI is InChI=1S/C46H34N2O3/c1-31-17-21-35(22-18-31)47(33-11-5-3-6-12-33)37-25-27-41-43(29-37)50-44-30-38(48(34-13-7-4-8-14-34)36-23-19-32(2)20-24-36)26-28-42(44)46(41)40-16-10-9-15-39(40)45(49)51-46/h3-30H,1-2H3. The zero-order valence-electron chi connectivity index (χ0n) is 28.3. The van der Waals surface area contributed by atoms with Crippen LogP contribution in [-0.4, -0.2) is 5.97 Å². The number of para-hydroxylation sites is 2. The van der Waals surface area contributed by atoms with Crippen molar-refractivity contribution in [1.82, 2.24) is 0 Å². The Bertz CT molecular complexity index is 2270. The molecule has 1 spiro atoms. The normalized spacial score (nSPS) is 13.4. The van der Waals surface area contributed by atoms with Gasteiger partial charge in [-0.15, -0.1) is 0 Å². The number of esters is 1. The molecule has 0 N–H and O–H groups in total. The molecule has 2 aliphatic heterocycles. The van der Waals surface area contributed by atoms with Gasteiger partial charge in [0.2, 0.25) is 0 Å². The number of ether oxygens (including phenoxy) is 2. The SMILES string of the molecule is Cc1ccc(N(c2ccccc2)c2ccc3c(c2)Oc2cc(N(c4ccccc4)c4ccc(C)cc4)ccc2C32OC(=O)c3ccccc32)cc1. The van der Waals surface area contributed by atoms with Crippen LogP contribution >= 0.6 is 0 Å². The molecule has 0 aromatic heterocycles.